The van der Waals surface area contributed by atoms with E-state index in [-0.39, 0.29) is 5.82 Å². The fourth-order valence-corrected chi connectivity index (χ4v) is 2.37. The first-order valence-corrected chi connectivity index (χ1v) is 7.11. The van der Waals surface area contributed by atoms with Crippen LogP contribution in [0.25, 0.3) is 0 Å². The third-order valence-electron chi connectivity index (χ3n) is 3.52. The molecule has 4 heteroatoms. The summed E-state index contributed by atoms with van der Waals surface area (Å²) in [5.74, 6) is 1.33. The Morgan fingerprint density at radius 1 is 1.14 bits per heavy atom. The maximum atomic E-state index is 13.3. The SMILES string of the molecule is Cc1ccc(F)cc1NCc1cccc2c1OCCCO2. The molecular formula is C17H18FNO2. The van der Waals surface area contributed by atoms with Crippen molar-refractivity contribution in [1.82, 2.24) is 0 Å². The Morgan fingerprint density at radius 2 is 2.00 bits per heavy atom. The van der Waals surface area contributed by atoms with Gasteiger partial charge >= 0.3 is 0 Å². The Hall–Kier alpha value is -2.23. The number of ether oxygens (including phenoxy) is 2. The molecule has 0 aromatic heterocycles. The standard InChI is InChI=1S/C17H18FNO2/c1-12-6-7-14(18)10-15(12)19-11-13-4-2-5-16-17(13)21-9-3-8-20-16/h2,4-7,10,19H,3,8-9,11H2,1H3. The van der Waals surface area contributed by atoms with Gasteiger partial charge in [-0.15, -0.1) is 0 Å². The van der Waals surface area contributed by atoms with Gasteiger partial charge in [-0.1, -0.05) is 18.2 Å². The van der Waals surface area contributed by atoms with Gasteiger partial charge in [0.2, 0.25) is 0 Å². The van der Waals surface area contributed by atoms with E-state index in [9.17, 15) is 4.39 Å². The lowest BCUT2D eigenvalue weighted by Gasteiger charge is -2.14. The summed E-state index contributed by atoms with van der Waals surface area (Å²) in [5.41, 5.74) is 2.82. The average molecular weight is 287 g/mol. The van der Waals surface area contributed by atoms with Crippen molar-refractivity contribution in [3.05, 3.63) is 53.3 Å². The first kappa shape index (κ1) is 13.7. The second-order valence-electron chi connectivity index (χ2n) is 5.11. The fourth-order valence-electron chi connectivity index (χ4n) is 2.37. The molecule has 0 saturated carbocycles. The first-order chi connectivity index (χ1) is 10.2. The number of hydrogen-bond donors (Lipinski definition) is 1. The predicted molar refractivity (Wildman–Crippen MR) is 80.5 cm³/mol. The molecule has 0 bridgehead atoms. The summed E-state index contributed by atoms with van der Waals surface area (Å²) in [4.78, 5) is 0. The molecule has 2 aromatic rings. The van der Waals surface area contributed by atoms with Crippen molar-refractivity contribution in [3.8, 4) is 11.5 Å². The van der Waals surface area contributed by atoms with Gasteiger partial charge in [-0.05, 0) is 30.7 Å². The molecule has 0 fully saturated rings. The molecule has 21 heavy (non-hydrogen) atoms. The number of hydrogen-bond acceptors (Lipinski definition) is 3. The summed E-state index contributed by atoms with van der Waals surface area (Å²) in [5, 5.41) is 3.27. The Morgan fingerprint density at radius 3 is 2.90 bits per heavy atom. The van der Waals surface area contributed by atoms with E-state index in [0.29, 0.717) is 19.8 Å². The summed E-state index contributed by atoms with van der Waals surface area (Å²) in [6.07, 6.45) is 0.880. The minimum Gasteiger partial charge on any atom is -0.490 e. The predicted octanol–water partition coefficient (Wildman–Crippen LogP) is 3.91. The van der Waals surface area contributed by atoms with E-state index in [1.165, 1.54) is 12.1 Å². The molecule has 0 aliphatic carbocycles. The van der Waals surface area contributed by atoms with Crippen LogP contribution in [0.3, 0.4) is 0 Å². The van der Waals surface area contributed by atoms with E-state index in [4.69, 9.17) is 9.47 Å². The second-order valence-corrected chi connectivity index (χ2v) is 5.11. The summed E-state index contributed by atoms with van der Waals surface area (Å²) in [6.45, 7) is 3.85. The molecule has 0 spiro atoms. The molecule has 0 radical (unpaired) electrons. The maximum Gasteiger partial charge on any atom is 0.166 e. The molecule has 3 rings (SSSR count). The minimum absolute atomic E-state index is 0.241. The van der Waals surface area contributed by atoms with Crippen molar-refractivity contribution in [2.24, 2.45) is 0 Å². The van der Waals surface area contributed by atoms with Crippen molar-refractivity contribution in [3.63, 3.8) is 0 Å². The molecule has 1 aliphatic heterocycles. The number of halogens is 1. The van der Waals surface area contributed by atoms with Crippen LogP contribution < -0.4 is 14.8 Å². The van der Waals surface area contributed by atoms with Crippen LogP contribution in [-0.2, 0) is 6.54 Å². The van der Waals surface area contributed by atoms with Gasteiger partial charge in [0.15, 0.2) is 11.5 Å². The number of aryl methyl sites for hydroxylation is 1. The third-order valence-corrected chi connectivity index (χ3v) is 3.52. The van der Waals surface area contributed by atoms with Crippen LogP contribution >= 0.6 is 0 Å². The van der Waals surface area contributed by atoms with Crippen LogP contribution in [-0.4, -0.2) is 13.2 Å². The molecule has 1 heterocycles. The van der Waals surface area contributed by atoms with E-state index in [1.54, 1.807) is 6.07 Å². The topological polar surface area (TPSA) is 30.5 Å². The summed E-state index contributed by atoms with van der Waals surface area (Å²) in [6, 6.07) is 10.6. The molecule has 0 amide bonds. The van der Waals surface area contributed by atoms with Crippen molar-refractivity contribution >= 4 is 5.69 Å². The van der Waals surface area contributed by atoms with E-state index in [2.05, 4.69) is 5.32 Å². The van der Waals surface area contributed by atoms with Crippen LogP contribution in [0.15, 0.2) is 36.4 Å². The zero-order valence-corrected chi connectivity index (χ0v) is 12.0. The van der Waals surface area contributed by atoms with E-state index in [1.807, 2.05) is 25.1 Å². The zero-order valence-electron chi connectivity index (χ0n) is 12.0. The zero-order chi connectivity index (χ0) is 14.7. The Bertz CT molecular complexity index is 643. The van der Waals surface area contributed by atoms with Crippen molar-refractivity contribution < 1.29 is 13.9 Å². The van der Waals surface area contributed by atoms with E-state index in [0.717, 1.165) is 34.7 Å². The Kier molecular flexibility index (Phi) is 3.95. The first-order valence-electron chi connectivity index (χ1n) is 7.11. The number of benzene rings is 2. The van der Waals surface area contributed by atoms with Gasteiger partial charge in [-0.2, -0.15) is 0 Å². The summed E-state index contributed by atoms with van der Waals surface area (Å²) in [7, 11) is 0. The molecule has 0 saturated heterocycles. The Balaban J connectivity index is 1.81. The van der Waals surface area contributed by atoms with Crippen LogP contribution in [0.2, 0.25) is 0 Å². The number of rotatable bonds is 3. The van der Waals surface area contributed by atoms with Crippen molar-refractivity contribution in [2.75, 3.05) is 18.5 Å². The number of para-hydroxylation sites is 1. The molecule has 0 unspecified atom stereocenters. The molecular weight excluding hydrogens is 269 g/mol. The van der Waals surface area contributed by atoms with Gasteiger partial charge in [0.1, 0.15) is 5.82 Å². The monoisotopic (exact) mass is 287 g/mol. The quantitative estimate of drug-likeness (QED) is 0.928. The smallest absolute Gasteiger partial charge is 0.166 e. The number of anilines is 1. The molecule has 3 nitrogen and oxygen atoms in total. The highest BCUT2D eigenvalue weighted by atomic mass is 19.1. The summed E-state index contributed by atoms with van der Waals surface area (Å²) < 4.78 is 24.8. The van der Waals surface area contributed by atoms with Gasteiger partial charge in [-0.25, -0.2) is 4.39 Å². The van der Waals surface area contributed by atoms with Crippen LogP contribution in [0.1, 0.15) is 17.5 Å². The average Bonchev–Trinajstić information content (AvgIpc) is 2.74. The van der Waals surface area contributed by atoms with E-state index < -0.39 is 0 Å². The highest BCUT2D eigenvalue weighted by Gasteiger charge is 2.14. The van der Waals surface area contributed by atoms with Crippen molar-refractivity contribution in [1.29, 1.82) is 0 Å². The third kappa shape index (κ3) is 3.10. The van der Waals surface area contributed by atoms with Gasteiger partial charge in [0.05, 0.1) is 13.2 Å². The molecule has 0 atom stereocenters. The lowest BCUT2D eigenvalue weighted by molar-refractivity contribution is 0.296. The van der Waals surface area contributed by atoms with E-state index >= 15 is 0 Å². The highest BCUT2D eigenvalue weighted by Crippen LogP contribution is 2.33. The lowest BCUT2D eigenvalue weighted by Crippen LogP contribution is -2.04. The van der Waals surface area contributed by atoms with Crippen LogP contribution in [0, 0.1) is 12.7 Å². The van der Waals surface area contributed by atoms with Gasteiger partial charge in [-0.3, -0.25) is 0 Å². The van der Waals surface area contributed by atoms with Crippen molar-refractivity contribution in [2.45, 2.75) is 19.9 Å². The molecule has 110 valence electrons. The van der Waals surface area contributed by atoms with Crippen LogP contribution in [0.4, 0.5) is 10.1 Å². The second kappa shape index (κ2) is 6.04. The molecule has 1 aliphatic rings. The van der Waals surface area contributed by atoms with Gasteiger partial charge < -0.3 is 14.8 Å². The minimum atomic E-state index is -0.241. The highest BCUT2D eigenvalue weighted by molar-refractivity contribution is 5.53. The number of fused-ring (bicyclic) bond motifs is 1. The van der Waals surface area contributed by atoms with Gasteiger partial charge in [0.25, 0.3) is 0 Å². The van der Waals surface area contributed by atoms with Gasteiger partial charge in [0, 0.05) is 24.2 Å². The largest absolute Gasteiger partial charge is 0.490 e. The molecule has 1 N–H and O–H groups in total. The van der Waals surface area contributed by atoms with Crippen LogP contribution in [0.5, 0.6) is 11.5 Å². The lowest BCUT2D eigenvalue weighted by atomic mass is 10.1. The number of nitrogens with one attached hydrogen (secondary N) is 1. The molecule has 2 aromatic carbocycles. The normalized spacial score (nSPS) is 13.6. The Labute approximate surface area is 123 Å². The summed E-state index contributed by atoms with van der Waals surface area (Å²) >= 11 is 0. The fraction of sp³-hybridized carbons (Fsp3) is 0.294. The maximum absolute atomic E-state index is 13.3.